The van der Waals surface area contributed by atoms with Crippen LogP contribution in [-0.4, -0.2) is 86.2 Å². The summed E-state index contributed by atoms with van der Waals surface area (Å²) in [5, 5.41) is 12.4. The fourth-order valence-electron chi connectivity index (χ4n) is 13.8. The van der Waals surface area contributed by atoms with Crippen LogP contribution in [0.15, 0.2) is 0 Å². The van der Waals surface area contributed by atoms with Gasteiger partial charge in [0.25, 0.3) is 0 Å². The summed E-state index contributed by atoms with van der Waals surface area (Å²) in [7, 11) is 1.32. The number of carbonyl (C=O) groups is 2. The van der Waals surface area contributed by atoms with Crippen molar-refractivity contribution in [2.75, 3.05) is 33.4 Å². The second kappa shape index (κ2) is 11.0. The Morgan fingerprint density at radius 2 is 1.72 bits per heavy atom. The van der Waals surface area contributed by atoms with Crippen LogP contribution < -0.4 is 0 Å². The molecule has 1 amide bonds. The Labute approximate surface area is 281 Å². The van der Waals surface area contributed by atoms with E-state index in [9.17, 15) is 14.7 Å². The van der Waals surface area contributed by atoms with Crippen molar-refractivity contribution in [3.8, 4) is 0 Å². The Hall–Kier alpha value is -1.42. The van der Waals surface area contributed by atoms with Gasteiger partial charge >= 0.3 is 6.16 Å². The SMILES string of the molecule is COC(=O)OCC1CC(C)C2C(O1)C(O)C1(C)C3CCC4C(C)(C)C(OC5CN(C(=O)CC6CC6)CCO5)CCC45CC35CCC21C. The van der Waals surface area contributed by atoms with Crippen molar-refractivity contribution in [1.29, 1.82) is 0 Å². The molecule has 8 fully saturated rings. The van der Waals surface area contributed by atoms with Crippen molar-refractivity contribution in [2.24, 2.45) is 56.7 Å². The molecular formula is C38H59NO8. The Balaban J connectivity index is 0.987. The number of ether oxygens (including phenoxy) is 5. The summed E-state index contributed by atoms with van der Waals surface area (Å²) in [6.07, 6.45) is 10.1. The number of hydrogen-bond acceptors (Lipinski definition) is 8. The van der Waals surface area contributed by atoms with E-state index in [0.717, 1.165) is 32.1 Å². The summed E-state index contributed by atoms with van der Waals surface area (Å²) in [6, 6.07) is 0. The maximum atomic E-state index is 12.9. The average Bonchev–Trinajstić information content (AvgIpc) is 3.96. The van der Waals surface area contributed by atoms with Gasteiger partial charge in [-0.3, -0.25) is 4.79 Å². The maximum Gasteiger partial charge on any atom is 0.508 e. The molecule has 8 aliphatic rings. The van der Waals surface area contributed by atoms with Gasteiger partial charge in [-0.1, -0.05) is 34.6 Å². The molecule has 2 aliphatic heterocycles. The summed E-state index contributed by atoms with van der Waals surface area (Å²) in [4.78, 5) is 26.6. The molecule has 9 heteroatoms. The van der Waals surface area contributed by atoms with Gasteiger partial charge in [0.05, 0.1) is 44.7 Å². The molecule has 13 unspecified atom stereocenters. The number of carbonyl (C=O) groups excluding carboxylic acids is 2. The zero-order valence-corrected chi connectivity index (χ0v) is 29.6. The minimum Gasteiger partial charge on any atom is -0.438 e. The molecule has 47 heavy (non-hydrogen) atoms. The lowest BCUT2D eigenvalue weighted by molar-refractivity contribution is -0.248. The van der Waals surface area contributed by atoms with E-state index < -0.39 is 12.3 Å². The van der Waals surface area contributed by atoms with Crippen molar-refractivity contribution >= 4 is 12.1 Å². The van der Waals surface area contributed by atoms with E-state index in [2.05, 4.69) is 34.6 Å². The lowest BCUT2D eigenvalue weighted by atomic mass is 9.41. The number of aliphatic hydroxyl groups excluding tert-OH is 1. The zero-order chi connectivity index (χ0) is 33.1. The van der Waals surface area contributed by atoms with Gasteiger partial charge in [0.15, 0.2) is 6.29 Å². The van der Waals surface area contributed by atoms with Crippen molar-refractivity contribution in [3.05, 3.63) is 0 Å². The van der Waals surface area contributed by atoms with Crippen LogP contribution in [0, 0.1) is 56.7 Å². The standard InChI is InChI=1S/C38H59NO8/c1-22-17-24(20-45-33(42)43-6)46-31-30(22)35(4)13-14-38-21-37(38)12-11-27(34(2,3)25(37)9-10-26(38)36(35,5)32(31)41)47-29-19-39(15-16-44-29)28(40)18-23-7-8-23/h22-27,29-32,41H,7-21H2,1-6H3. The molecule has 9 nitrogen and oxygen atoms in total. The number of amides is 1. The van der Waals surface area contributed by atoms with E-state index in [0.29, 0.717) is 55.2 Å². The Kier molecular flexibility index (Phi) is 7.70. The lowest BCUT2D eigenvalue weighted by Gasteiger charge is -2.64. The van der Waals surface area contributed by atoms with Crippen LogP contribution in [-0.2, 0) is 28.5 Å². The maximum absolute atomic E-state index is 12.9. The summed E-state index contributed by atoms with van der Waals surface area (Å²) in [5.74, 6) is 2.55. The smallest absolute Gasteiger partial charge is 0.438 e. The van der Waals surface area contributed by atoms with Crippen LogP contribution in [0.25, 0.3) is 0 Å². The van der Waals surface area contributed by atoms with Gasteiger partial charge in [-0.2, -0.15) is 0 Å². The minimum atomic E-state index is -0.684. The van der Waals surface area contributed by atoms with E-state index in [1.165, 1.54) is 39.2 Å². The Morgan fingerprint density at radius 1 is 0.979 bits per heavy atom. The number of rotatable bonds is 6. The topological polar surface area (TPSA) is 104 Å². The average molecular weight is 658 g/mol. The predicted octanol–water partition coefficient (Wildman–Crippen LogP) is 5.95. The quantitative estimate of drug-likeness (QED) is 0.350. The molecule has 2 spiro atoms. The van der Waals surface area contributed by atoms with Crippen molar-refractivity contribution in [2.45, 2.75) is 136 Å². The number of fused-ring (bicyclic) bond motifs is 4. The van der Waals surface area contributed by atoms with Crippen LogP contribution in [0.2, 0.25) is 0 Å². The first-order valence-electron chi connectivity index (χ1n) is 18.9. The van der Waals surface area contributed by atoms with Crippen LogP contribution in [0.5, 0.6) is 0 Å². The first-order valence-corrected chi connectivity index (χ1v) is 18.9. The fraction of sp³-hybridized carbons (Fsp3) is 0.947. The third-order valence-corrected chi connectivity index (χ3v) is 16.2. The Bertz CT molecular complexity index is 1270. The molecule has 8 rings (SSSR count). The highest BCUT2D eigenvalue weighted by atomic mass is 16.7. The highest BCUT2D eigenvalue weighted by Gasteiger charge is 2.84. The van der Waals surface area contributed by atoms with Gasteiger partial charge in [-0.25, -0.2) is 4.79 Å². The van der Waals surface area contributed by atoms with Crippen LogP contribution >= 0.6 is 0 Å². The summed E-state index contributed by atoms with van der Waals surface area (Å²) in [6.45, 7) is 14.0. The monoisotopic (exact) mass is 657 g/mol. The van der Waals surface area contributed by atoms with Crippen LogP contribution in [0.3, 0.4) is 0 Å². The second-order valence-electron chi connectivity index (χ2n) is 18.3. The van der Waals surface area contributed by atoms with Gasteiger partial charge < -0.3 is 33.7 Å². The molecule has 264 valence electrons. The first kappa shape index (κ1) is 32.8. The van der Waals surface area contributed by atoms with E-state index in [1.807, 2.05) is 4.90 Å². The van der Waals surface area contributed by atoms with Crippen molar-refractivity contribution in [3.63, 3.8) is 0 Å². The first-order chi connectivity index (χ1) is 22.3. The molecule has 6 saturated carbocycles. The van der Waals surface area contributed by atoms with Crippen molar-refractivity contribution in [1.82, 2.24) is 4.90 Å². The third kappa shape index (κ3) is 4.60. The van der Waals surface area contributed by atoms with Crippen molar-refractivity contribution < 1.29 is 38.4 Å². The molecular weight excluding hydrogens is 598 g/mol. The summed E-state index contributed by atoms with van der Waals surface area (Å²) >= 11 is 0. The number of hydrogen-bond donors (Lipinski definition) is 1. The minimum absolute atomic E-state index is 0.00476. The summed E-state index contributed by atoms with van der Waals surface area (Å²) < 4.78 is 29.6. The number of aliphatic hydroxyl groups is 1. The van der Waals surface area contributed by atoms with E-state index in [1.54, 1.807) is 0 Å². The van der Waals surface area contributed by atoms with Gasteiger partial charge in [-0.05, 0) is 115 Å². The van der Waals surface area contributed by atoms with E-state index in [4.69, 9.17) is 23.7 Å². The molecule has 0 aromatic carbocycles. The molecule has 0 aromatic heterocycles. The second-order valence-corrected chi connectivity index (χ2v) is 18.3. The number of methoxy groups -OCH3 is 1. The summed E-state index contributed by atoms with van der Waals surface area (Å²) in [5.41, 5.74) is 0.343. The van der Waals surface area contributed by atoms with Gasteiger partial charge in [-0.15, -0.1) is 0 Å². The molecule has 0 bridgehead atoms. The molecule has 1 N–H and O–H groups in total. The van der Waals surface area contributed by atoms with Gasteiger partial charge in [0.2, 0.25) is 5.91 Å². The van der Waals surface area contributed by atoms with E-state index in [-0.39, 0.29) is 64.7 Å². The highest BCUT2D eigenvalue weighted by Crippen LogP contribution is 2.89. The van der Waals surface area contributed by atoms with Crippen LogP contribution in [0.1, 0.15) is 105 Å². The molecule has 2 heterocycles. The molecule has 0 radical (unpaired) electrons. The predicted molar refractivity (Wildman–Crippen MR) is 173 cm³/mol. The number of nitrogens with zero attached hydrogens (tertiary/aromatic N) is 1. The Morgan fingerprint density at radius 3 is 2.47 bits per heavy atom. The fourth-order valence-corrected chi connectivity index (χ4v) is 13.8. The largest absolute Gasteiger partial charge is 0.508 e. The molecule has 13 atom stereocenters. The van der Waals surface area contributed by atoms with Gasteiger partial charge in [0.1, 0.15) is 6.61 Å². The van der Waals surface area contributed by atoms with E-state index >= 15 is 0 Å². The van der Waals surface area contributed by atoms with Gasteiger partial charge in [0, 0.05) is 18.4 Å². The molecule has 2 saturated heterocycles. The molecule has 0 aromatic rings. The lowest BCUT2D eigenvalue weighted by Crippen LogP contribution is -2.60. The zero-order valence-electron chi connectivity index (χ0n) is 29.6. The highest BCUT2D eigenvalue weighted by molar-refractivity contribution is 5.76. The number of morpholine rings is 1. The third-order valence-electron chi connectivity index (χ3n) is 16.2. The molecule has 6 aliphatic carbocycles. The van der Waals surface area contributed by atoms with Crippen LogP contribution in [0.4, 0.5) is 4.79 Å². The normalized spacial score (nSPS) is 51.0.